The summed E-state index contributed by atoms with van der Waals surface area (Å²) in [6, 6.07) is 16.4. The number of rotatable bonds is 7. The average Bonchev–Trinajstić information content (AvgIpc) is 3.18. The summed E-state index contributed by atoms with van der Waals surface area (Å²) >= 11 is 1.51. The fraction of sp³-hybridized carbons (Fsp3) is 0.227. The molecule has 7 nitrogen and oxygen atoms in total. The van der Waals surface area contributed by atoms with Gasteiger partial charge in [0.2, 0.25) is 0 Å². The van der Waals surface area contributed by atoms with Gasteiger partial charge in [-0.05, 0) is 49.1 Å². The molecule has 2 aromatic carbocycles. The van der Waals surface area contributed by atoms with E-state index < -0.39 is 11.6 Å². The van der Waals surface area contributed by atoms with E-state index in [1.54, 1.807) is 6.20 Å². The van der Waals surface area contributed by atoms with Gasteiger partial charge in [-0.15, -0.1) is 11.3 Å². The molecule has 0 saturated heterocycles. The van der Waals surface area contributed by atoms with Crippen LogP contribution in [0.4, 0.5) is 16.2 Å². The number of carboxylic acids is 1. The molecule has 3 N–H and O–H groups in total. The lowest BCUT2D eigenvalue weighted by molar-refractivity contribution is -0.159. The first kappa shape index (κ1) is 20.1. The normalized spacial score (nSPS) is 14.5. The largest absolute Gasteiger partial charge is 0.480 e. The van der Waals surface area contributed by atoms with Gasteiger partial charge in [0, 0.05) is 17.6 Å². The number of benzene rings is 2. The molecule has 0 bridgehead atoms. The second kappa shape index (κ2) is 8.64. The van der Waals surface area contributed by atoms with Crippen molar-refractivity contribution in [1.82, 2.24) is 4.98 Å². The van der Waals surface area contributed by atoms with Crippen molar-refractivity contribution >= 4 is 34.7 Å². The molecule has 0 atom stereocenters. The Morgan fingerprint density at radius 1 is 1.03 bits per heavy atom. The van der Waals surface area contributed by atoms with Crippen molar-refractivity contribution in [1.29, 1.82) is 0 Å². The number of hydrogen-bond acceptors (Lipinski definition) is 5. The summed E-state index contributed by atoms with van der Waals surface area (Å²) in [5.74, 6) is -0.975. The molecule has 2 amide bonds. The fourth-order valence-corrected chi connectivity index (χ4v) is 4.39. The number of carboxylic acid groups (broad SMARTS) is 1. The maximum Gasteiger partial charge on any atom is 0.329 e. The van der Waals surface area contributed by atoms with Crippen LogP contribution in [0.2, 0.25) is 0 Å². The number of para-hydroxylation sites is 1. The third-order valence-electron chi connectivity index (χ3n) is 4.99. The minimum atomic E-state index is -0.975. The average molecular weight is 423 g/mol. The van der Waals surface area contributed by atoms with Crippen LogP contribution >= 0.6 is 11.3 Å². The number of hydrogen-bond donors (Lipinski definition) is 3. The number of thiazole rings is 1. The van der Waals surface area contributed by atoms with Crippen LogP contribution in [0.1, 0.15) is 24.3 Å². The highest BCUT2D eigenvalue weighted by Gasteiger charge is 2.43. The molecule has 0 spiro atoms. The van der Waals surface area contributed by atoms with Crippen molar-refractivity contribution < 1.29 is 19.4 Å². The Balaban J connectivity index is 1.41. The molecule has 0 unspecified atom stereocenters. The molecule has 1 aromatic heterocycles. The van der Waals surface area contributed by atoms with Gasteiger partial charge in [0.1, 0.15) is 17.2 Å². The Morgan fingerprint density at radius 3 is 2.30 bits per heavy atom. The molecule has 1 aliphatic carbocycles. The number of ether oxygens (including phenoxy) is 1. The lowest BCUT2D eigenvalue weighted by Gasteiger charge is -2.39. The highest BCUT2D eigenvalue weighted by atomic mass is 32.1. The van der Waals surface area contributed by atoms with E-state index in [4.69, 9.17) is 9.84 Å². The van der Waals surface area contributed by atoms with Gasteiger partial charge in [0.25, 0.3) is 0 Å². The summed E-state index contributed by atoms with van der Waals surface area (Å²) in [5.41, 5.74) is 1.80. The summed E-state index contributed by atoms with van der Waals surface area (Å²) in [7, 11) is 0. The van der Waals surface area contributed by atoms with Crippen molar-refractivity contribution in [2.45, 2.75) is 24.9 Å². The molecule has 0 aliphatic heterocycles. The lowest BCUT2D eigenvalue weighted by atomic mass is 9.80. The predicted molar refractivity (Wildman–Crippen MR) is 116 cm³/mol. The molecule has 1 aliphatic rings. The molecule has 3 aromatic rings. The first-order valence-electron chi connectivity index (χ1n) is 9.60. The molecule has 154 valence electrons. The topological polar surface area (TPSA) is 101 Å². The number of urea groups is 1. The van der Waals surface area contributed by atoms with Crippen molar-refractivity contribution in [3.05, 3.63) is 65.8 Å². The molecule has 1 saturated carbocycles. The maximum absolute atomic E-state index is 12.1. The SMILES string of the molecule is O=C(O)COC1(c2ncc(-c3ccc(NC(=O)Nc4ccccc4)cc3)s2)CCC1. The summed E-state index contributed by atoms with van der Waals surface area (Å²) in [4.78, 5) is 28.5. The Kier molecular flexibility index (Phi) is 5.78. The fourth-order valence-electron chi connectivity index (χ4n) is 3.27. The van der Waals surface area contributed by atoms with Crippen LogP contribution < -0.4 is 10.6 Å². The minimum Gasteiger partial charge on any atom is -0.480 e. The van der Waals surface area contributed by atoms with Crippen molar-refractivity contribution in [2.75, 3.05) is 17.2 Å². The number of carbonyl (C=O) groups excluding carboxylic acids is 1. The van der Waals surface area contributed by atoms with Crippen LogP contribution in [-0.4, -0.2) is 28.7 Å². The smallest absolute Gasteiger partial charge is 0.329 e. The quantitative estimate of drug-likeness (QED) is 0.500. The van der Waals surface area contributed by atoms with Gasteiger partial charge in [-0.3, -0.25) is 0 Å². The molecule has 4 rings (SSSR count). The van der Waals surface area contributed by atoms with Crippen LogP contribution in [-0.2, 0) is 15.1 Å². The van der Waals surface area contributed by atoms with Gasteiger partial charge >= 0.3 is 12.0 Å². The van der Waals surface area contributed by atoms with Gasteiger partial charge in [-0.1, -0.05) is 30.3 Å². The van der Waals surface area contributed by atoms with Gasteiger partial charge in [0.05, 0.1) is 4.88 Å². The summed E-state index contributed by atoms with van der Waals surface area (Å²) in [5, 5.41) is 15.3. The number of aromatic nitrogens is 1. The van der Waals surface area contributed by atoms with E-state index in [0.717, 1.165) is 40.4 Å². The van der Waals surface area contributed by atoms with E-state index in [0.29, 0.717) is 5.69 Å². The Hall–Kier alpha value is -3.23. The third-order valence-corrected chi connectivity index (χ3v) is 6.22. The number of anilines is 2. The van der Waals surface area contributed by atoms with E-state index in [2.05, 4.69) is 15.6 Å². The molecular weight excluding hydrogens is 402 g/mol. The Labute approximate surface area is 177 Å². The second-order valence-electron chi connectivity index (χ2n) is 7.08. The summed E-state index contributed by atoms with van der Waals surface area (Å²) < 4.78 is 5.67. The van der Waals surface area contributed by atoms with Crippen LogP contribution in [0.5, 0.6) is 0 Å². The first-order chi connectivity index (χ1) is 14.5. The van der Waals surface area contributed by atoms with Gasteiger partial charge in [-0.2, -0.15) is 0 Å². The zero-order chi connectivity index (χ0) is 21.0. The van der Waals surface area contributed by atoms with Crippen LogP contribution in [0.3, 0.4) is 0 Å². The van der Waals surface area contributed by atoms with E-state index in [9.17, 15) is 9.59 Å². The second-order valence-corrected chi connectivity index (χ2v) is 8.11. The van der Waals surface area contributed by atoms with Crippen LogP contribution in [0.15, 0.2) is 60.8 Å². The monoisotopic (exact) mass is 423 g/mol. The molecule has 0 radical (unpaired) electrons. The number of nitrogens with zero attached hydrogens (tertiary/aromatic N) is 1. The minimum absolute atomic E-state index is 0.309. The number of nitrogens with one attached hydrogen (secondary N) is 2. The molecular formula is C22H21N3O4S. The molecule has 1 fully saturated rings. The molecule has 8 heteroatoms. The first-order valence-corrected chi connectivity index (χ1v) is 10.4. The van der Waals surface area contributed by atoms with E-state index >= 15 is 0 Å². The third kappa shape index (κ3) is 4.50. The van der Waals surface area contributed by atoms with Gasteiger partial charge in [0.15, 0.2) is 0 Å². The zero-order valence-corrected chi connectivity index (χ0v) is 16.9. The van der Waals surface area contributed by atoms with E-state index in [-0.39, 0.29) is 12.6 Å². The molecule has 30 heavy (non-hydrogen) atoms. The zero-order valence-electron chi connectivity index (χ0n) is 16.1. The summed E-state index contributed by atoms with van der Waals surface area (Å²) in [6.45, 7) is -0.319. The van der Waals surface area contributed by atoms with Crippen molar-refractivity contribution in [2.24, 2.45) is 0 Å². The number of amides is 2. The highest BCUT2D eigenvalue weighted by Crippen LogP contribution is 2.47. The standard InChI is InChI=1S/C22H21N3O4S/c26-19(27)14-29-22(11-4-12-22)20-23-13-18(30-20)15-7-9-17(10-8-15)25-21(28)24-16-5-2-1-3-6-16/h1-3,5-10,13H,4,11-12,14H2,(H,26,27)(H2,24,25,28). The van der Waals surface area contributed by atoms with Gasteiger partial charge < -0.3 is 20.5 Å². The van der Waals surface area contributed by atoms with Crippen LogP contribution in [0.25, 0.3) is 10.4 Å². The Bertz CT molecular complexity index is 1030. The van der Waals surface area contributed by atoms with E-state index in [1.807, 2.05) is 54.6 Å². The van der Waals surface area contributed by atoms with Crippen molar-refractivity contribution in [3.8, 4) is 10.4 Å². The number of aliphatic carboxylic acids is 1. The number of carbonyl (C=O) groups is 2. The molecule has 1 heterocycles. The predicted octanol–water partition coefficient (Wildman–Crippen LogP) is 4.93. The van der Waals surface area contributed by atoms with Gasteiger partial charge in [-0.25, -0.2) is 14.6 Å². The van der Waals surface area contributed by atoms with E-state index in [1.165, 1.54) is 11.3 Å². The Morgan fingerprint density at radius 2 is 1.70 bits per heavy atom. The van der Waals surface area contributed by atoms with Crippen molar-refractivity contribution in [3.63, 3.8) is 0 Å². The lowest BCUT2D eigenvalue weighted by Crippen LogP contribution is -2.38. The summed E-state index contributed by atoms with van der Waals surface area (Å²) in [6.07, 6.45) is 4.36. The maximum atomic E-state index is 12.1. The van der Waals surface area contributed by atoms with Crippen LogP contribution in [0, 0.1) is 0 Å². The highest BCUT2D eigenvalue weighted by molar-refractivity contribution is 7.15.